The average Bonchev–Trinajstić information content (AvgIpc) is 2.48. The van der Waals surface area contributed by atoms with Gasteiger partial charge in [0.25, 0.3) is 0 Å². The van der Waals surface area contributed by atoms with Crippen molar-refractivity contribution < 1.29 is 9.84 Å². The van der Waals surface area contributed by atoms with Crippen LogP contribution in [0.3, 0.4) is 0 Å². The van der Waals surface area contributed by atoms with Gasteiger partial charge in [-0.15, -0.1) is 0 Å². The molecular formula is C17H24Cl2O2. The molecule has 0 radical (unpaired) electrons. The first-order valence-electron chi connectivity index (χ1n) is 7.85. The maximum Gasteiger partial charge on any atom is 0.0865 e. The van der Waals surface area contributed by atoms with Crippen LogP contribution >= 0.6 is 23.2 Å². The van der Waals surface area contributed by atoms with Gasteiger partial charge in [-0.25, -0.2) is 0 Å². The molecule has 2 atom stereocenters. The Bertz CT molecular complexity index is 444. The lowest BCUT2D eigenvalue weighted by Crippen LogP contribution is -2.38. The second-order valence-corrected chi connectivity index (χ2v) is 6.67. The Hall–Kier alpha value is -0.280. The van der Waals surface area contributed by atoms with Crippen molar-refractivity contribution in [2.75, 3.05) is 6.61 Å². The zero-order valence-electron chi connectivity index (χ0n) is 12.5. The number of halogens is 2. The van der Waals surface area contributed by atoms with Crippen molar-refractivity contribution in [1.82, 2.24) is 0 Å². The molecule has 1 N–H and O–H groups in total. The monoisotopic (exact) mass is 330 g/mol. The van der Waals surface area contributed by atoms with Crippen molar-refractivity contribution in [1.29, 1.82) is 0 Å². The Labute approximate surface area is 137 Å². The normalized spacial score (nSPS) is 19.4. The van der Waals surface area contributed by atoms with Gasteiger partial charge in [-0.2, -0.15) is 0 Å². The van der Waals surface area contributed by atoms with Crippen molar-refractivity contribution in [2.24, 2.45) is 5.92 Å². The van der Waals surface area contributed by atoms with Crippen LogP contribution in [0.25, 0.3) is 0 Å². The van der Waals surface area contributed by atoms with Crippen LogP contribution in [0.1, 0.15) is 44.6 Å². The highest BCUT2D eigenvalue weighted by Gasteiger charge is 2.30. The van der Waals surface area contributed by atoms with E-state index in [1.165, 1.54) is 19.3 Å². The van der Waals surface area contributed by atoms with Crippen molar-refractivity contribution >= 4 is 23.2 Å². The van der Waals surface area contributed by atoms with E-state index in [0.717, 1.165) is 18.4 Å². The minimum absolute atomic E-state index is 0.0953. The Balaban J connectivity index is 2.04. The van der Waals surface area contributed by atoms with Gasteiger partial charge in [0, 0.05) is 23.1 Å². The lowest BCUT2D eigenvalue weighted by Gasteiger charge is -2.33. The summed E-state index contributed by atoms with van der Waals surface area (Å²) in [7, 11) is 0. The van der Waals surface area contributed by atoms with Gasteiger partial charge >= 0.3 is 0 Å². The van der Waals surface area contributed by atoms with E-state index in [1.54, 1.807) is 6.07 Å². The molecule has 1 aromatic rings. The van der Waals surface area contributed by atoms with Crippen molar-refractivity contribution in [3.8, 4) is 0 Å². The highest BCUT2D eigenvalue weighted by molar-refractivity contribution is 6.35. The molecule has 0 aliphatic heterocycles. The molecule has 0 spiro atoms. The summed E-state index contributed by atoms with van der Waals surface area (Å²) in [6.45, 7) is 2.62. The van der Waals surface area contributed by atoms with Gasteiger partial charge in [-0.3, -0.25) is 0 Å². The largest absolute Gasteiger partial charge is 0.390 e. The predicted molar refractivity (Wildman–Crippen MR) is 88.2 cm³/mol. The summed E-state index contributed by atoms with van der Waals surface area (Å²) in [4.78, 5) is 0. The number of rotatable bonds is 6. The molecule has 0 heterocycles. The first-order chi connectivity index (χ1) is 10.1. The van der Waals surface area contributed by atoms with Crippen LogP contribution in [0.4, 0.5) is 0 Å². The molecule has 21 heavy (non-hydrogen) atoms. The molecule has 2 nitrogen and oxygen atoms in total. The SMILES string of the molecule is CCOC(C(O)Cc1ccc(Cl)cc1Cl)C1CCCCC1. The molecule has 0 aromatic heterocycles. The van der Waals surface area contributed by atoms with E-state index in [1.807, 2.05) is 19.1 Å². The number of benzene rings is 1. The van der Waals surface area contributed by atoms with Crippen LogP contribution in [0.5, 0.6) is 0 Å². The molecule has 118 valence electrons. The molecule has 0 amide bonds. The van der Waals surface area contributed by atoms with Gasteiger partial charge in [-0.05, 0) is 43.4 Å². The van der Waals surface area contributed by atoms with E-state index < -0.39 is 6.10 Å². The minimum atomic E-state index is -0.522. The number of hydrogen-bond donors (Lipinski definition) is 1. The highest BCUT2D eigenvalue weighted by atomic mass is 35.5. The third-order valence-electron chi connectivity index (χ3n) is 4.30. The van der Waals surface area contributed by atoms with Gasteiger partial charge < -0.3 is 9.84 Å². The first kappa shape index (κ1) is 17.1. The van der Waals surface area contributed by atoms with E-state index in [4.69, 9.17) is 27.9 Å². The Morgan fingerprint density at radius 3 is 2.57 bits per heavy atom. The second-order valence-electron chi connectivity index (χ2n) is 5.83. The summed E-state index contributed by atoms with van der Waals surface area (Å²) in [6.07, 6.45) is 5.97. The summed E-state index contributed by atoms with van der Waals surface area (Å²) in [5.74, 6) is 0.458. The third kappa shape index (κ3) is 4.85. The summed E-state index contributed by atoms with van der Waals surface area (Å²) >= 11 is 12.1. The molecule has 0 saturated heterocycles. The van der Waals surface area contributed by atoms with Crippen LogP contribution in [-0.4, -0.2) is 23.9 Å². The van der Waals surface area contributed by atoms with Gasteiger partial charge in [0.05, 0.1) is 12.2 Å². The van der Waals surface area contributed by atoms with E-state index in [-0.39, 0.29) is 6.10 Å². The van der Waals surface area contributed by atoms with E-state index >= 15 is 0 Å². The fourth-order valence-corrected chi connectivity index (χ4v) is 3.73. The lowest BCUT2D eigenvalue weighted by molar-refractivity contribution is -0.0715. The summed E-state index contributed by atoms with van der Waals surface area (Å²) in [5, 5.41) is 11.9. The zero-order valence-corrected chi connectivity index (χ0v) is 14.0. The van der Waals surface area contributed by atoms with Crippen molar-refractivity contribution in [3.05, 3.63) is 33.8 Å². The molecule has 4 heteroatoms. The third-order valence-corrected chi connectivity index (χ3v) is 4.88. The second kappa shape index (κ2) is 8.38. The zero-order chi connectivity index (χ0) is 15.2. The van der Waals surface area contributed by atoms with E-state index in [0.29, 0.717) is 29.0 Å². The minimum Gasteiger partial charge on any atom is -0.390 e. The highest BCUT2D eigenvalue weighted by Crippen LogP contribution is 2.31. The van der Waals surface area contributed by atoms with Crippen LogP contribution < -0.4 is 0 Å². The first-order valence-corrected chi connectivity index (χ1v) is 8.61. The maximum atomic E-state index is 10.6. The summed E-state index contributed by atoms with van der Waals surface area (Å²) in [6, 6.07) is 5.42. The van der Waals surface area contributed by atoms with Gasteiger partial charge in [0.15, 0.2) is 0 Å². The summed E-state index contributed by atoms with van der Waals surface area (Å²) in [5.41, 5.74) is 0.925. The quantitative estimate of drug-likeness (QED) is 0.805. The van der Waals surface area contributed by atoms with Crippen LogP contribution in [0.2, 0.25) is 10.0 Å². The molecule has 2 unspecified atom stereocenters. The maximum absolute atomic E-state index is 10.6. The Kier molecular flexibility index (Phi) is 6.81. The van der Waals surface area contributed by atoms with Crippen molar-refractivity contribution in [3.63, 3.8) is 0 Å². The molecule has 1 aromatic carbocycles. The number of aliphatic hydroxyl groups is 1. The average molecular weight is 331 g/mol. The standard InChI is InChI=1S/C17H24Cl2O2/c1-2-21-17(12-6-4-3-5-7-12)16(20)10-13-8-9-14(18)11-15(13)19/h8-9,11-12,16-17,20H,2-7,10H2,1H3. The molecular weight excluding hydrogens is 307 g/mol. The fraction of sp³-hybridized carbons (Fsp3) is 0.647. The molecule has 0 bridgehead atoms. The number of hydrogen-bond acceptors (Lipinski definition) is 2. The van der Waals surface area contributed by atoms with Gasteiger partial charge in [0.2, 0.25) is 0 Å². The Morgan fingerprint density at radius 1 is 1.24 bits per heavy atom. The molecule has 1 saturated carbocycles. The molecule has 1 aliphatic rings. The molecule has 1 aliphatic carbocycles. The van der Waals surface area contributed by atoms with Gasteiger partial charge in [0.1, 0.15) is 0 Å². The van der Waals surface area contributed by atoms with Gasteiger partial charge in [-0.1, -0.05) is 48.5 Å². The number of ether oxygens (including phenoxy) is 1. The predicted octanol–water partition coefficient (Wildman–Crippen LogP) is 4.88. The van der Waals surface area contributed by atoms with E-state index in [2.05, 4.69) is 0 Å². The van der Waals surface area contributed by atoms with Crippen LogP contribution in [0, 0.1) is 5.92 Å². The lowest BCUT2D eigenvalue weighted by atomic mass is 9.82. The summed E-state index contributed by atoms with van der Waals surface area (Å²) < 4.78 is 5.86. The van der Waals surface area contributed by atoms with Crippen LogP contribution in [-0.2, 0) is 11.2 Å². The van der Waals surface area contributed by atoms with Crippen LogP contribution in [0.15, 0.2) is 18.2 Å². The topological polar surface area (TPSA) is 29.5 Å². The smallest absolute Gasteiger partial charge is 0.0865 e. The molecule has 1 fully saturated rings. The fourth-order valence-electron chi connectivity index (χ4n) is 3.25. The molecule has 2 rings (SSSR count). The number of aliphatic hydroxyl groups excluding tert-OH is 1. The Morgan fingerprint density at radius 2 is 1.95 bits per heavy atom. The van der Waals surface area contributed by atoms with Crippen molar-refractivity contribution in [2.45, 2.75) is 57.7 Å². The van der Waals surface area contributed by atoms with E-state index in [9.17, 15) is 5.11 Å².